The molecular weight excluding hydrogens is 286 g/mol. The third-order valence-electron chi connectivity index (χ3n) is 3.10. The monoisotopic (exact) mass is 305 g/mol. The largest absolute Gasteiger partial charge is 0.481 e. The standard InChI is InChI=1S/C15H19N3O4/c1-2-12(22-11-6-4-3-5-7-11)13(19)17-18-15(21)14(20)16-10-8-9-10/h3-7,10,12H,2,8-9H2,1H3,(H,16,20)(H,17,19)(H,18,21). The average Bonchev–Trinajstić information content (AvgIpc) is 3.34. The minimum absolute atomic E-state index is 0.0822. The van der Waals surface area contributed by atoms with Crippen molar-refractivity contribution >= 4 is 17.7 Å². The van der Waals surface area contributed by atoms with Gasteiger partial charge in [-0.25, -0.2) is 0 Å². The third-order valence-corrected chi connectivity index (χ3v) is 3.10. The Kier molecular flexibility index (Phi) is 5.35. The van der Waals surface area contributed by atoms with Gasteiger partial charge in [-0.1, -0.05) is 25.1 Å². The molecule has 7 nitrogen and oxygen atoms in total. The van der Waals surface area contributed by atoms with Crippen molar-refractivity contribution in [3.63, 3.8) is 0 Å². The Balaban J connectivity index is 1.78. The first kappa shape index (κ1) is 15.8. The van der Waals surface area contributed by atoms with E-state index in [1.165, 1.54) is 0 Å². The molecule has 3 N–H and O–H groups in total. The molecule has 1 saturated carbocycles. The molecule has 1 atom stereocenters. The van der Waals surface area contributed by atoms with Gasteiger partial charge in [-0.3, -0.25) is 25.2 Å². The number of carbonyl (C=O) groups excluding carboxylic acids is 3. The van der Waals surface area contributed by atoms with Gasteiger partial charge in [-0.2, -0.15) is 0 Å². The van der Waals surface area contributed by atoms with Gasteiger partial charge in [0, 0.05) is 6.04 Å². The van der Waals surface area contributed by atoms with Crippen LogP contribution in [-0.4, -0.2) is 29.9 Å². The van der Waals surface area contributed by atoms with Crippen LogP contribution in [-0.2, 0) is 14.4 Å². The first-order valence-corrected chi connectivity index (χ1v) is 7.22. The fourth-order valence-electron chi connectivity index (χ4n) is 1.72. The van der Waals surface area contributed by atoms with Crippen LogP contribution in [0.15, 0.2) is 30.3 Å². The summed E-state index contributed by atoms with van der Waals surface area (Å²) in [6, 6.07) is 8.98. The molecule has 2 rings (SSSR count). The number of hydrogen-bond acceptors (Lipinski definition) is 4. The van der Waals surface area contributed by atoms with Crippen molar-refractivity contribution in [3.05, 3.63) is 30.3 Å². The van der Waals surface area contributed by atoms with Gasteiger partial charge in [0.05, 0.1) is 0 Å². The smallest absolute Gasteiger partial charge is 0.327 e. The molecule has 1 aromatic carbocycles. The van der Waals surface area contributed by atoms with Gasteiger partial charge in [0.15, 0.2) is 6.10 Å². The third kappa shape index (κ3) is 4.76. The lowest BCUT2D eigenvalue weighted by molar-refractivity contribution is -0.141. The number of hydrogen-bond donors (Lipinski definition) is 3. The second-order valence-corrected chi connectivity index (χ2v) is 5.02. The van der Waals surface area contributed by atoms with E-state index in [0.29, 0.717) is 12.2 Å². The molecule has 0 aliphatic heterocycles. The SMILES string of the molecule is CCC(Oc1ccccc1)C(=O)NNC(=O)C(=O)NC1CC1. The molecule has 0 bridgehead atoms. The predicted molar refractivity (Wildman–Crippen MR) is 78.6 cm³/mol. The fourth-order valence-corrected chi connectivity index (χ4v) is 1.72. The maximum atomic E-state index is 12.0. The second kappa shape index (κ2) is 7.44. The number of amides is 3. The highest BCUT2D eigenvalue weighted by Gasteiger charge is 2.27. The van der Waals surface area contributed by atoms with E-state index in [9.17, 15) is 14.4 Å². The van der Waals surface area contributed by atoms with Gasteiger partial charge in [-0.15, -0.1) is 0 Å². The minimum Gasteiger partial charge on any atom is -0.481 e. The first-order valence-electron chi connectivity index (χ1n) is 7.22. The summed E-state index contributed by atoms with van der Waals surface area (Å²) in [6.07, 6.45) is 1.43. The molecule has 22 heavy (non-hydrogen) atoms. The number of hydrazine groups is 1. The molecule has 0 radical (unpaired) electrons. The first-order chi connectivity index (χ1) is 10.6. The Morgan fingerprint density at radius 2 is 1.82 bits per heavy atom. The average molecular weight is 305 g/mol. The van der Waals surface area contributed by atoms with Gasteiger partial charge < -0.3 is 10.1 Å². The van der Waals surface area contributed by atoms with Crippen LogP contribution in [0.1, 0.15) is 26.2 Å². The Morgan fingerprint density at radius 3 is 2.41 bits per heavy atom. The van der Waals surface area contributed by atoms with Crippen molar-refractivity contribution in [1.82, 2.24) is 16.2 Å². The van der Waals surface area contributed by atoms with Crippen molar-refractivity contribution < 1.29 is 19.1 Å². The maximum Gasteiger partial charge on any atom is 0.327 e. The van der Waals surface area contributed by atoms with Crippen molar-refractivity contribution in [1.29, 1.82) is 0 Å². The van der Waals surface area contributed by atoms with Crippen molar-refractivity contribution in [2.24, 2.45) is 0 Å². The van der Waals surface area contributed by atoms with Crippen LogP contribution in [0.2, 0.25) is 0 Å². The van der Waals surface area contributed by atoms with Gasteiger partial charge in [0.1, 0.15) is 5.75 Å². The van der Waals surface area contributed by atoms with Crippen LogP contribution >= 0.6 is 0 Å². The van der Waals surface area contributed by atoms with E-state index in [1.54, 1.807) is 31.2 Å². The number of rotatable bonds is 5. The molecule has 1 aromatic rings. The number of benzene rings is 1. The Hall–Kier alpha value is -2.57. The van der Waals surface area contributed by atoms with Gasteiger partial charge in [0.2, 0.25) is 0 Å². The lowest BCUT2D eigenvalue weighted by Gasteiger charge is -2.17. The molecule has 1 unspecified atom stereocenters. The van der Waals surface area contributed by atoms with Gasteiger partial charge in [-0.05, 0) is 31.4 Å². The Bertz CT molecular complexity index is 543. The van der Waals surface area contributed by atoms with E-state index in [0.717, 1.165) is 12.8 Å². The molecule has 1 fully saturated rings. The van der Waals surface area contributed by atoms with E-state index in [4.69, 9.17) is 4.74 Å². The highest BCUT2D eigenvalue weighted by Crippen LogP contribution is 2.18. The highest BCUT2D eigenvalue weighted by molar-refractivity contribution is 6.35. The number of carbonyl (C=O) groups is 3. The molecule has 3 amide bonds. The summed E-state index contributed by atoms with van der Waals surface area (Å²) in [5.41, 5.74) is 4.29. The molecule has 0 heterocycles. The lowest BCUT2D eigenvalue weighted by Crippen LogP contribution is -2.52. The summed E-state index contributed by atoms with van der Waals surface area (Å²) in [4.78, 5) is 34.9. The van der Waals surface area contributed by atoms with E-state index >= 15 is 0 Å². The topological polar surface area (TPSA) is 96.5 Å². The maximum absolute atomic E-state index is 12.0. The summed E-state index contributed by atoms with van der Waals surface area (Å²) in [6.45, 7) is 1.79. The number of para-hydroxylation sites is 1. The molecular formula is C15H19N3O4. The van der Waals surface area contributed by atoms with Crippen LogP contribution in [0.3, 0.4) is 0 Å². The number of ether oxygens (including phenoxy) is 1. The van der Waals surface area contributed by atoms with Crippen LogP contribution in [0, 0.1) is 0 Å². The molecule has 1 aliphatic carbocycles. The summed E-state index contributed by atoms with van der Waals surface area (Å²) in [7, 11) is 0. The van der Waals surface area contributed by atoms with Gasteiger partial charge >= 0.3 is 11.8 Å². The van der Waals surface area contributed by atoms with Gasteiger partial charge in [0.25, 0.3) is 5.91 Å². The van der Waals surface area contributed by atoms with E-state index < -0.39 is 23.8 Å². The zero-order valence-electron chi connectivity index (χ0n) is 12.3. The molecule has 118 valence electrons. The van der Waals surface area contributed by atoms with Crippen molar-refractivity contribution in [2.45, 2.75) is 38.3 Å². The number of nitrogens with one attached hydrogen (secondary N) is 3. The van der Waals surface area contributed by atoms with Crippen LogP contribution in [0.25, 0.3) is 0 Å². The zero-order valence-corrected chi connectivity index (χ0v) is 12.3. The molecule has 0 spiro atoms. The summed E-state index contributed by atoms with van der Waals surface area (Å²) < 4.78 is 5.53. The zero-order chi connectivity index (χ0) is 15.9. The van der Waals surface area contributed by atoms with E-state index in [-0.39, 0.29) is 6.04 Å². The lowest BCUT2D eigenvalue weighted by atomic mass is 10.2. The summed E-state index contributed by atoms with van der Waals surface area (Å²) >= 11 is 0. The van der Waals surface area contributed by atoms with Crippen molar-refractivity contribution in [2.75, 3.05) is 0 Å². The Labute approximate surface area is 128 Å². The molecule has 7 heteroatoms. The van der Waals surface area contributed by atoms with Crippen LogP contribution in [0.5, 0.6) is 5.75 Å². The second-order valence-electron chi connectivity index (χ2n) is 5.02. The molecule has 0 aromatic heterocycles. The fraction of sp³-hybridized carbons (Fsp3) is 0.400. The van der Waals surface area contributed by atoms with E-state index in [1.807, 2.05) is 6.07 Å². The minimum atomic E-state index is -0.894. The highest BCUT2D eigenvalue weighted by atomic mass is 16.5. The summed E-state index contributed by atoms with van der Waals surface area (Å²) in [5.74, 6) is -1.60. The normalized spacial score (nSPS) is 14.6. The quantitative estimate of drug-likeness (QED) is 0.537. The molecule has 1 aliphatic rings. The van der Waals surface area contributed by atoms with Crippen molar-refractivity contribution in [3.8, 4) is 5.75 Å². The van der Waals surface area contributed by atoms with Crippen LogP contribution in [0.4, 0.5) is 0 Å². The predicted octanol–water partition coefficient (Wildman–Crippen LogP) is 0.270. The summed E-state index contributed by atoms with van der Waals surface area (Å²) in [5, 5.41) is 2.53. The van der Waals surface area contributed by atoms with Crippen LogP contribution < -0.4 is 20.9 Å². The van der Waals surface area contributed by atoms with E-state index in [2.05, 4.69) is 16.2 Å². The Morgan fingerprint density at radius 1 is 1.14 bits per heavy atom. The molecule has 0 saturated heterocycles.